The summed E-state index contributed by atoms with van der Waals surface area (Å²) in [6, 6.07) is 5.56. The van der Waals surface area contributed by atoms with Gasteiger partial charge < -0.3 is 4.74 Å². The van der Waals surface area contributed by atoms with E-state index in [1.54, 1.807) is 6.92 Å². The summed E-state index contributed by atoms with van der Waals surface area (Å²) in [5.41, 5.74) is 0.655. The van der Waals surface area contributed by atoms with Crippen LogP contribution in [-0.2, 0) is 0 Å². The molecule has 2 rings (SSSR count). The molecule has 0 radical (unpaired) electrons. The van der Waals surface area contributed by atoms with Crippen molar-refractivity contribution in [3.05, 3.63) is 40.4 Å². The van der Waals surface area contributed by atoms with Gasteiger partial charge in [0.15, 0.2) is 5.78 Å². The normalized spacial score (nSPS) is 22.3. The predicted molar refractivity (Wildman–Crippen MR) is 80.7 cm³/mol. The number of rotatable bonds is 4. The third kappa shape index (κ3) is 3.69. The average molecular weight is 323 g/mol. The van der Waals surface area contributed by atoms with Gasteiger partial charge in [0.05, 0.1) is 12.2 Å². The molecule has 0 N–H and O–H groups in total. The Morgan fingerprint density at radius 3 is 2.79 bits per heavy atom. The van der Waals surface area contributed by atoms with Crippen LogP contribution in [0.1, 0.15) is 37.0 Å². The fraction of sp³-hybridized carbons (Fsp3) is 0.438. The van der Waals surface area contributed by atoms with E-state index >= 15 is 0 Å². The van der Waals surface area contributed by atoms with Gasteiger partial charge in [-0.05, 0) is 49.8 Å². The topological polar surface area (TPSA) is 26.3 Å². The summed E-state index contributed by atoms with van der Waals surface area (Å²) in [5, 5.41) is 0. The second kappa shape index (κ2) is 6.38. The fourth-order valence-corrected chi connectivity index (χ4v) is 2.68. The first-order valence-corrected chi connectivity index (χ1v) is 7.45. The smallest absolute Gasteiger partial charge is 0.163 e. The highest BCUT2D eigenvalue weighted by Gasteiger charge is 2.20. The zero-order valence-corrected chi connectivity index (χ0v) is 12.9. The number of benzene rings is 1. The van der Waals surface area contributed by atoms with Crippen molar-refractivity contribution in [1.82, 2.24) is 0 Å². The lowest BCUT2D eigenvalue weighted by Gasteiger charge is -2.25. The van der Waals surface area contributed by atoms with Crippen LogP contribution in [0.2, 0.25) is 0 Å². The average Bonchev–Trinajstić information content (AvgIpc) is 2.37. The molecule has 2 nitrogen and oxygen atoms in total. The Labute approximate surface area is 123 Å². The summed E-state index contributed by atoms with van der Waals surface area (Å²) in [6.07, 6.45) is 6.64. The number of carbonyl (C=O) groups excluding carboxylic acids is 1. The monoisotopic (exact) mass is 322 g/mol. The molecule has 0 bridgehead atoms. The number of carbonyl (C=O) groups is 1. The molecule has 0 saturated carbocycles. The second-order valence-electron chi connectivity index (χ2n) is 5.19. The van der Waals surface area contributed by atoms with E-state index in [9.17, 15) is 4.79 Å². The highest BCUT2D eigenvalue weighted by Crippen LogP contribution is 2.28. The molecule has 1 aromatic carbocycles. The van der Waals surface area contributed by atoms with Gasteiger partial charge in [-0.25, -0.2) is 0 Å². The number of ketones is 1. The summed E-state index contributed by atoms with van der Waals surface area (Å²) >= 11 is 3.42. The van der Waals surface area contributed by atoms with Gasteiger partial charge in [-0.15, -0.1) is 0 Å². The highest BCUT2D eigenvalue weighted by atomic mass is 79.9. The molecular formula is C16H19BrO2. The maximum absolute atomic E-state index is 11.6. The molecule has 0 spiro atoms. The van der Waals surface area contributed by atoms with Crippen molar-refractivity contribution in [1.29, 1.82) is 0 Å². The van der Waals surface area contributed by atoms with Crippen LogP contribution in [0, 0.1) is 11.8 Å². The lowest BCUT2D eigenvalue weighted by atomic mass is 9.85. The summed E-state index contributed by atoms with van der Waals surface area (Å²) < 4.78 is 6.84. The van der Waals surface area contributed by atoms with Gasteiger partial charge in [-0.3, -0.25) is 4.79 Å². The highest BCUT2D eigenvalue weighted by molar-refractivity contribution is 9.10. The first kappa shape index (κ1) is 14.3. The summed E-state index contributed by atoms with van der Waals surface area (Å²) in [6.45, 7) is 4.49. The standard InChI is InChI=1S/C16H19BrO2/c1-11-5-3-4-6-13(11)10-19-16-9-14(17)7-8-15(16)12(2)18/h3-4,7-9,11,13H,5-6,10H2,1-2H3. The number of halogens is 1. The lowest BCUT2D eigenvalue weighted by molar-refractivity contribution is 0.101. The zero-order chi connectivity index (χ0) is 13.8. The van der Waals surface area contributed by atoms with Crippen LogP contribution in [0.4, 0.5) is 0 Å². The SMILES string of the molecule is CC(=O)c1ccc(Br)cc1OCC1CC=CCC1C. The lowest BCUT2D eigenvalue weighted by Crippen LogP contribution is -2.21. The minimum atomic E-state index is 0.0408. The van der Waals surface area contributed by atoms with Crippen LogP contribution >= 0.6 is 15.9 Å². The molecule has 1 aliphatic rings. The first-order chi connectivity index (χ1) is 9.08. The van der Waals surface area contributed by atoms with Gasteiger partial charge in [0.25, 0.3) is 0 Å². The van der Waals surface area contributed by atoms with Crippen molar-refractivity contribution in [2.24, 2.45) is 11.8 Å². The second-order valence-corrected chi connectivity index (χ2v) is 6.10. The van der Waals surface area contributed by atoms with E-state index in [1.807, 2.05) is 18.2 Å². The van der Waals surface area contributed by atoms with E-state index in [-0.39, 0.29) is 5.78 Å². The molecule has 2 unspecified atom stereocenters. The number of hydrogen-bond donors (Lipinski definition) is 0. The van der Waals surface area contributed by atoms with Crippen molar-refractivity contribution in [2.45, 2.75) is 26.7 Å². The van der Waals surface area contributed by atoms with Crippen molar-refractivity contribution < 1.29 is 9.53 Å². The van der Waals surface area contributed by atoms with Crippen molar-refractivity contribution >= 4 is 21.7 Å². The quantitative estimate of drug-likeness (QED) is 0.596. The van der Waals surface area contributed by atoms with Gasteiger partial charge in [0.1, 0.15) is 5.75 Å². The van der Waals surface area contributed by atoms with Crippen LogP contribution in [0.15, 0.2) is 34.8 Å². The van der Waals surface area contributed by atoms with Crippen LogP contribution in [0.25, 0.3) is 0 Å². The Balaban J connectivity index is 2.08. The first-order valence-electron chi connectivity index (χ1n) is 6.66. The largest absolute Gasteiger partial charge is 0.492 e. The van der Waals surface area contributed by atoms with E-state index < -0.39 is 0 Å². The fourth-order valence-electron chi connectivity index (χ4n) is 2.34. The third-order valence-corrected chi connectivity index (χ3v) is 4.19. The van der Waals surface area contributed by atoms with Crippen molar-refractivity contribution in [3.63, 3.8) is 0 Å². The van der Waals surface area contributed by atoms with Crippen LogP contribution in [-0.4, -0.2) is 12.4 Å². The molecule has 0 saturated heterocycles. The van der Waals surface area contributed by atoms with Crippen molar-refractivity contribution in [3.8, 4) is 5.75 Å². The summed E-state index contributed by atoms with van der Waals surface area (Å²) in [5.74, 6) is 1.89. The molecule has 2 atom stereocenters. The molecule has 0 fully saturated rings. The maximum Gasteiger partial charge on any atom is 0.163 e. The van der Waals surface area contributed by atoms with E-state index in [4.69, 9.17) is 4.74 Å². The van der Waals surface area contributed by atoms with Gasteiger partial charge in [-0.2, -0.15) is 0 Å². The number of Topliss-reactive ketones (excluding diaryl/α,β-unsaturated/α-hetero) is 1. The molecule has 3 heteroatoms. The van der Waals surface area contributed by atoms with E-state index in [1.165, 1.54) is 0 Å². The van der Waals surface area contributed by atoms with E-state index in [0.29, 0.717) is 29.8 Å². The van der Waals surface area contributed by atoms with Crippen molar-refractivity contribution in [2.75, 3.05) is 6.61 Å². The molecule has 102 valence electrons. The zero-order valence-electron chi connectivity index (χ0n) is 11.4. The van der Waals surface area contributed by atoms with E-state index in [2.05, 4.69) is 35.0 Å². The predicted octanol–water partition coefficient (Wildman–Crippen LogP) is 4.63. The van der Waals surface area contributed by atoms with Gasteiger partial charge in [0.2, 0.25) is 0 Å². The third-order valence-electron chi connectivity index (χ3n) is 3.69. The maximum atomic E-state index is 11.6. The van der Waals surface area contributed by atoms with Gasteiger partial charge in [0, 0.05) is 4.47 Å². The molecule has 0 amide bonds. The minimum Gasteiger partial charge on any atom is -0.492 e. The molecule has 1 aliphatic carbocycles. The Hall–Kier alpha value is -1.09. The molecule has 1 aromatic rings. The Morgan fingerprint density at radius 2 is 2.11 bits per heavy atom. The summed E-state index contributed by atoms with van der Waals surface area (Å²) in [4.78, 5) is 11.6. The Kier molecular flexibility index (Phi) is 4.81. The Bertz CT molecular complexity index is 494. The molecule has 19 heavy (non-hydrogen) atoms. The van der Waals surface area contributed by atoms with Gasteiger partial charge >= 0.3 is 0 Å². The van der Waals surface area contributed by atoms with Crippen LogP contribution < -0.4 is 4.74 Å². The number of ether oxygens (including phenoxy) is 1. The van der Waals surface area contributed by atoms with Crippen LogP contribution in [0.3, 0.4) is 0 Å². The summed E-state index contributed by atoms with van der Waals surface area (Å²) in [7, 11) is 0. The molecule has 0 heterocycles. The van der Waals surface area contributed by atoms with E-state index in [0.717, 1.165) is 17.3 Å². The molecular weight excluding hydrogens is 304 g/mol. The number of hydrogen-bond acceptors (Lipinski definition) is 2. The van der Waals surface area contributed by atoms with Gasteiger partial charge in [-0.1, -0.05) is 35.0 Å². The van der Waals surface area contributed by atoms with Crippen LogP contribution in [0.5, 0.6) is 5.75 Å². The minimum absolute atomic E-state index is 0.0408. The Morgan fingerprint density at radius 1 is 1.37 bits per heavy atom. The molecule has 0 aromatic heterocycles. The molecule has 0 aliphatic heterocycles. The number of allylic oxidation sites excluding steroid dienone is 2.